The Morgan fingerprint density at radius 2 is 1.64 bits per heavy atom. The lowest BCUT2D eigenvalue weighted by molar-refractivity contribution is -0.126. The number of likely N-dealkylation sites (tertiary alicyclic amines) is 2. The number of carbonyl (C=O) groups is 2. The average Bonchev–Trinajstić information content (AvgIpc) is 3.22. The van der Waals surface area contributed by atoms with Gasteiger partial charge < -0.3 is 15.1 Å². The van der Waals surface area contributed by atoms with Crippen LogP contribution < -0.4 is 5.32 Å². The summed E-state index contributed by atoms with van der Waals surface area (Å²) in [7, 11) is 0. The molecule has 0 bridgehead atoms. The Balaban J connectivity index is 1.48. The summed E-state index contributed by atoms with van der Waals surface area (Å²) in [4.78, 5) is 31.9. The number of rotatable bonds is 6. The lowest BCUT2D eigenvalue weighted by atomic mass is 9.93. The summed E-state index contributed by atoms with van der Waals surface area (Å²) in [6, 6.07) is 1.32. The summed E-state index contributed by atoms with van der Waals surface area (Å²) < 4.78 is 0. The molecule has 3 rings (SSSR count). The molecule has 3 aliphatic rings. The third-order valence-electron chi connectivity index (χ3n) is 7.07. The van der Waals surface area contributed by atoms with E-state index in [1.807, 2.05) is 23.6 Å². The van der Waals surface area contributed by atoms with Gasteiger partial charge >= 0.3 is 6.03 Å². The van der Waals surface area contributed by atoms with Crippen LogP contribution in [0.3, 0.4) is 0 Å². The van der Waals surface area contributed by atoms with Gasteiger partial charge in [-0.25, -0.2) is 4.79 Å². The van der Waals surface area contributed by atoms with E-state index in [2.05, 4.69) is 10.2 Å². The van der Waals surface area contributed by atoms with Crippen LogP contribution in [0.4, 0.5) is 4.79 Å². The molecule has 28 heavy (non-hydrogen) atoms. The van der Waals surface area contributed by atoms with Crippen molar-refractivity contribution in [3.63, 3.8) is 0 Å². The first-order valence-corrected chi connectivity index (χ1v) is 11.7. The molecular weight excluding hydrogens is 352 g/mol. The molecule has 1 aliphatic carbocycles. The number of urea groups is 1. The molecule has 0 aromatic rings. The Kier molecular flexibility index (Phi) is 8.00. The van der Waals surface area contributed by atoms with Crippen LogP contribution in [-0.2, 0) is 4.79 Å². The van der Waals surface area contributed by atoms with E-state index >= 15 is 0 Å². The number of carbonyl (C=O) groups excluding carboxylic acids is 2. The molecule has 160 valence electrons. The molecule has 0 aromatic carbocycles. The van der Waals surface area contributed by atoms with Crippen molar-refractivity contribution in [2.75, 3.05) is 39.3 Å². The third-order valence-corrected chi connectivity index (χ3v) is 7.07. The van der Waals surface area contributed by atoms with Crippen molar-refractivity contribution in [1.29, 1.82) is 0 Å². The van der Waals surface area contributed by atoms with E-state index in [1.54, 1.807) is 0 Å². The zero-order valence-electron chi connectivity index (χ0n) is 18.0. The van der Waals surface area contributed by atoms with Crippen molar-refractivity contribution in [2.24, 2.45) is 5.92 Å². The van der Waals surface area contributed by atoms with Crippen LogP contribution >= 0.6 is 0 Å². The van der Waals surface area contributed by atoms with Gasteiger partial charge in [0.2, 0.25) is 5.91 Å². The molecule has 0 radical (unpaired) electrons. The van der Waals surface area contributed by atoms with Crippen LogP contribution in [-0.4, -0.2) is 78.0 Å². The first-order chi connectivity index (χ1) is 13.6. The smallest absolute Gasteiger partial charge is 0.320 e. The predicted molar refractivity (Wildman–Crippen MR) is 112 cm³/mol. The van der Waals surface area contributed by atoms with Gasteiger partial charge in [-0.3, -0.25) is 9.69 Å². The zero-order chi connectivity index (χ0) is 19.9. The van der Waals surface area contributed by atoms with Crippen LogP contribution in [0.15, 0.2) is 0 Å². The van der Waals surface area contributed by atoms with Gasteiger partial charge in [0.05, 0.1) is 5.92 Å². The maximum Gasteiger partial charge on any atom is 0.320 e. The highest BCUT2D eigenvalue weighted by Crippen LogP contribution is 2.29. The average molecular weight is 393 g/mol. The maximum absolute atomic E-state index is 12.8. The molecule has 2 aliphatic heterocycles. The quantitative estimate of drug-likeness (QED) is 0.756. The number of hydrogen-bond acceptors (Lipinski definition) is 3. The predicted octanol–water partition coefficient (Wildman–Crippen LogP) is 3.07. The maximum atomic E-state index is 12.8. The summed E-state index contributed by atoms with van der Waals surface area (Å²) in [6.07, 6.45) is 11.0. The molecule has 2 atom stereocenters. The minimum absolute atomic E-state index is 0.0576. The number of nitrogens with one attached hydrogen (secondary N) is 1. The van der Waals surface area contributed by atoms with E-state index in [9.17, 15) is 9.59 Å². The van der Waals surface area contributed by atoms with Gasteiger partial charge in [-0.1, -0.05) is 19.3 Å². The monoisotopic (exact) mass is 392 g/mol. The van der Waals surface area contributed by atoms with Crippen molar-refractivity contribution >= 4 is 11.9 Å². The van der Waals surface area contributed by atoms with Gasteiger partial charge in [0.25, 0.3) is 0 Å². The molecule has 6 nitrogen and oxygen atoms in total. The fourth-order valence-corrected chi connectivity index (χ4v) is 5.39. The van der Waals surface area contributed by atoms with Crippen LogP contribution in [0.5, 0.6) is 0 Å². The van der Waals surface area contributed by atoms with Gasteiger partial charge in [-0.05, 0) is 58.9 Å². The molecule has 0 aromatic heterocycles. The molecular formula is C22H40N4O2. The molecule has 6 heteroatoms. The van der Waals surface area contributed by atoms with Crippen LogP contribution in [0.2, 0.25) is 0 Å². The second kappa shape index (κ2) is 10.5. The Labute approximate surface area is 171 Å². The number of hydrogen-bond donors (Lipinski definition) is 1. The summed E-state index contributed by atoms with van der Waals surface area (Å²) in [5, 5.41) is 3.25. The van der Waals surface area contributed by atoms with Gasteiger partial charge in [-0.15, -0.1) is 0 Å². The molecule has 2 heterocycles. The number of piperidine rings is 1. The van der Waals surface area contributed by atoms with Gasteiger partial charge in [0.15, 0.2) is 0 Å². The Morgan fingerprint density at radius 3 is 2.36 bits per heavy atom. The second-order valence-corrected chi connectivity index (χ2v) is 8.81. The largest absolute Gasteiger partial charge is 0.354 e. The van der Waals surface area contributed by atoms with Crippen molar-refractivity contribution in [3.8, 4) is 0 Å². The SMILES string of the molecule is CCN(CC)C(=O)N1CCCC(C(=O)NCC2CCCN2C2CCCCC2)C1. The topological polar surface area (TPSA) is 55.9 Å². The van der Waals surface area contributed by atoms with Crippen molar-refractivity contribution in [2.45, 2.75) is 83.7 Å². The normalized spacial score (nSPS) is 27.0. The highest BCUT2D eigenvalue weighted by atomic mass is 16.2. The molecule has 2 saturated heterocycles. The Hall–Kier alpha value is -1.30. The van der Waals surface area contributed by atoms with E-state index < -0.39 is 0 Å². The number of nitrogens with zero attached hydrogens (tertiary/aromatic N) is 3. The minimum Gasteiger partial charge on any atom is -0.354 e. The molecule has 2 unspecified atom stereocenters. The molecule has 1 N–H and O–H groups in total. The van der Waals surface area contributed by atoms with Gasteiger partial charge in [0, 0.05) is 44.8 Å². The summed E-state index contributed by atoms with van der Waals surface area (Å²) in [5.74, 6) is 0.0883. The lowest BCUT2D eigenvalue weighted by Gasteiger charge is -2.37. The first-order valence-electron chi connectivity index (χ1n) is 11.7. The van der Waals surface area contributed by atoms with E-state index in [-0.39, 0.29) is 17.9 Å². The highest BCUT2D eigenvalue weighted by molar-refractivity contribution is 5.81. The fourth-order valence-electron chi connectivity index (χ4n) is 5.39. The standard InChI is InChI=1S/C22H40N4O2/c1-3-24(4-2)22(28)25-14-8-10-18(17-25)21(27)23-16-20-13-9-15-26(20)19-11-6-5-7-12-19/h18-20H,3-17H2,1-2H3,(H,23,27). The van der Waals surface area contributed by atoms with Crippen molar-refractivity contribution in [3.05, 3.63) is 0 Å². The van der Waals surface area contributed by atoms with Gasteiger partial charge in [0.1, 0.15) is 0 Å². The van der Waals surface area contributed by atoms with E-state index in [0.29, 0.717) is 12.6 Å². The van der Waals surface area contributed by atoms with E-state index in [1.165, 1.54) is 51.5 Å². The summed E-state index contributed by atoms with van der Waals surface area (Å²) in [6.45, 7) is 8.78. The molecule has 1 saturated carbocycles. The minimum atomic E-state index is -0.0576. The Morgan fingerprint density at radius 1 is 0.929 bits per heavy atom. The van der Waals surface area contributed by atoms with Crippen molar-refractivity contribution < 1.29 is 9.59 Å². The van der Waals surface area contributed by atoms with Crippen LogP contribution in [0, 0.1) is 5.92 Å². The summed E-state index contributed by atoms with van der Waals surface area (Å²) in [5.41, 5.74) is 0. The third kappa shape index (κ3) is 5.19. The second-order valence-electron chi connectivity index (χ2n) is 8.81. The first kappa shape index (κ1) is 21.4. The molecule has 3 amide bonds. The van der Waals surface area contributed by atoms with E-state index in [0.717, 1.165) is 45.1 Å². The van der Waals surface area contributed by atoms with Gasteiger partial charge in [-0.2, -0.15) is 0 Å². The molecule has 0 spiro atoms. The zero-order valence-corrected chi connectivity index (χ0v) is 18.0. The van der Waals surface area contributed by atoms with Crippen molar-refractivity contribution in [1.82, 2.24) is 20.0 Å². The number of amides is 3. The van der Waals surface area contributed by atoms with Crippen LogP contribution in [0.25, 0.3) is 0 Å². The molecule has 3 fully saturated rings. The Bertz CT molecular complexity index is 517. The fraction of sp³-hybridized carbons (Fsp3) is 0.909. The summed E-state index contributed by atoms with van der Waals surface area (Å²) >= 11 is 0. The van der Waals surface area contributed by atoms with E-state index in [4.69, 9.17) is 0 Å². The lowest BCUT2D eigenvalue weighted by Crippen LogP contribution is -2.51. The highest BCUT2D eigenvalue weighted by Gasteiger charge is 2.33. The van der Waals surface area contributed by atoms with Crippen LogP contribution in [0.1, 0.15) is 71.6 Å².